The van der Waals surface area contributed by atoms with Crippen molar-refractivity contribution in [3.8, 4) is 0 Å². The minimum Gasteiger partial charge on any atom is -0.333 e. The van der Waals surface area contributed by atoms with Gasteiger partial charge in [0.15, 0.2) is 0 Å². The van der Waals surface area contributed by atoms with E-state index < -0.39 is 0 Å². The van der Waals surface area contributed by atoms with Crippen LogP contribution < -0.4 is 5.32 Å². The van der Waals surface area contributed by atoms with Gasteiger partial charge in [0.2, 0.25) is 0 Å². The molecule has 17 heavy (non-hydrogen) atoms. The molecule has 0 bridgehead atoms. The molecule has 3 rings (SSSR count). The van der Waals surface area contributed by atoms with E-state index in [1.54, 1.807) is 0 Å². The summed E-state index contributed by atoms with van der Waals surface area (Å²) in [6, 6.07) is 0.510. The maximum atomic E-state index is 4.86. The van der Waals surface area contributed by atoms with Crippen LogP contribution in [-0.2, 0) is 13.0 Å². The molecule has 1 aromatic rings. The predicted octanol–water partition coefficient (Wildman–Crippen LogP) is 2.67. The smallest absolute Gasteiger partial charge is 0.126 e. The predicted molar refractivity (Wildman–Crippen MR) is 68.9 cm³/mol. The van der Waals surface area contributed by atoms with Crippen molar-refractivity contribution in [3.05, 3.63) is 17.7 Å². The molecule has 3 nitrogen and oxygen atoms in total. The van der Waals surface area contributed by atoms with Crippen molar-refractivity contribution in [3.63, 3.8) is 0 Å². The van der Waals surface area contributed by atoms with Crippen LogP contribution >= 0.6 is 0 Å². The average molecular weight is 233 g/mol. The molecule has 0 amide bonds. The van der Waals surface area contributed by atoms with E-state index in [0.717, 1.165) is 25.4 Å². The number of rotatable bonds is 4. The van der Waals surface area contributed by atoms with Crippen LogP contribution in [0.1, 0.15) is 56.6 Å². The maximum absolute atomic E-state index is 4.86. The number of aromatic nitrogens is 2. The molecule has 1 atom stereocenters. The van der Waals surface area contributed by atoms with Gasteiger partial charge in [-0.3, -0.25) is 0 Å². The van der Waals surface area contributed by atoms with E-state index in [1.165, 1.54) is 43.6 Å². The van der Waals surface area contributed by atoms with Gasteiger partial charge in [0.25, 0.3) is 0 Å². The summed E-state index contributed by atoms with van der Waals surface area (Å²) < 4.78 is 2.40. The van der Waals surface area contributed by atoms with Crippen LogP contribution in [0.4, 0.5) is 0 Å². The van der Waals surface area contributed by atoms with Crippen LogP contribution in [0.2, 0.25) is 0 Å². The van der Waals surface area contributed by atoms with Crippen molar-refractivity contribution in [2.24, 2.45) is 5.92 Å². The number of aryl methyl sites for hydroxylation is 2. The minimum atomic E-state index is 0.510. The Morgan fingerprint density at radius 1 is 1.47 bits per heavy atom. The highest BCUT2D eigenvalue weighted by Gasteiger charge is 2.29. The molecule has 0 aromatic carbocycles. The first-order chi connectivity index (χ1) is 8.36. The molecule has 0 unspecified atom stereocenters. The van der Waals surface area contributed by atoms with Crippen molar-refractivity contribution >= 4 is 0 Å². The lowest BCUT2D eigenvalue weighted by Gasteiger charge is -2.15. The standard InChI is InChI=1S/C14H23N3/c1-2-4-12-10-17-8-3-7-15-13(14(17)16-12)9-11-5-6-11/h10-11,13,15H,2-9H2,1H3/t13-/m0/s1. The number of nitrogens with one attached hydrogen (secondary N) is 1. The first kappa shape index (κ1) is 11.3. The SMILES string of the molecule is CCCc1cn2c(n1)[C@H](CC1CC1)NCCC2. The van der Waals surface area contributed by atoms with Crippen LogP contribution in [0.5, 0.6) is 0 Å². The molecular formula is C14H23N3. The second-order valence-corrected chi connectivity index (χ2v) is 5.57. The number of hydrogen-bond donors (Lipinski definition) is 1. The Morgan fingerprint density at radius 2 is 2.35 bits per heavy atom. The van der Waals surface area contributed by atoms with E-state index >= 15 is 0 Å². The lowest BCUT2D eigenvalue weighted by molar-refractivity contribution is 0.467. The van der Waals surface area contributed by atoms with Crippen molar-refractivity contribution < 1.29 is 0 Å². The average Bonchev–Trinajstić information content (AvgIpc) is 3.07. The monoisotopic (exact) mass is 233 g/mol. The summed E-state index contributed by atoms with van der Waals surface area (Å²) in [5.74, 6) is 2.27. The first-order valence-corrected chi connectivity index (χ1v) is 7.16. The van der Waals surface area contributed by atoms with Crippen LogP contribution in [0.3, 0.4) is 0 Å². The van der Waals surface area contributed by atoms with Gasteiger partial charge >= 0.3 is 0 Å². The Balaban J connectivity index is 1.81. The Bertz CT molecular complexity index is 379. The normalized spacial score (nSPS) is 24.4. The van der Waals surface area contributed by atoms with Crippen molar-refractivity contribution in [1.82, 2.24) is 14.9 Å². The molecule has 3 heteroatoms. The number of nitrogens with zero attached hydrogens (tertiary/aromatic N) is 2. The highest BCUT2D eigenvalue weighted by atomic mass is 15.1. The lowest BCUT2D eigenvalue weighted by atomic mass is 10.1. The van der Waals surface area contributed by atoms with E-state index in [9.17, 15) is 0 Å². The summed E-state index contributed by atoms with van der Waals surface area (Å²) in [5.41, 5.74) is 1.28. The number of imidazole rings is 1. The highest BCUT2D eigenvalue weighted by molar-refractivity contribution is 5.10. The fourth-order valence-corrected chi connectivity index (χ4v) is 2.81. The molecule has 94 valence electrons. The Kier molecular flexibility index (Phi) is 3.19. The third kappa shape index (κ3) is 2.54. The van der Waals surface area contributed by atoms with Crippen LogP contribution in [-0.4, -0.2) is 16.1 Å². The summed E-state index contributed by atoms with van der Waals surface area (Å²) in [5, 5.41) is 3.68. The Labute approximate surface area is 104 Å². The van der Waals surface area contributed by atoms with Gasteiger partial charge in [0.1, 0.15) is 5.82 Å². The highest BCUT2D eigenvalue weighted by Crippen LogP contribution is 2.37. The molecule has 2 aliphatic rings. The van der Waals surface area contributed by atoms with Crippen LogP contribution in [0.25, 0.3) is 0 Å². The second-order valence-electron chi connectivity index (χ2n) is 5.57. The second kappa shape index (κ2) is 4.81. The topological polar surface area (TPSA) is 29.9 Å². The zero-order valence-corrected chi connectivity index (χ0v) is 10.8. The van der Waals surface area contributed by atoms with Gasteiger partial charge in [-0.25, -0.2) is 4.98 Å². The molecule has 1 fully saturated rings. The van der Waals surface area contributed by atoms with E-state index in [2.05, 4.69) is 23.0 Å². The molecule has 1 saturated carbocycles. The molecule has 1 aliphatic heterocycles. The minimum absolute atomic E-state index is 0.510. The lowest BCUT2D eigenvalue weighted by Crippen LogP contribution is -2.22. The summed E-state index contributed by atoms with van der Waals surface area (Å²) in [4.78, 5) is 4.86. The molecular weight excluding hydrogens is 210 g/mol. The molecule has 1 N–H and O–H groups in total. The van der Waals surface area contributed by atoms with Crippen LogP contribution in [0, 0.1) is 5.92 Å². The molecule has 1 aliphatic carbocycles. The van der Waals surface area contributed by atoms with Gasteiger partial charge < -0.3 is 9.88 Å². The molecule has 0 saturated heterocycles. The van der Waals surface area contributed by atoms with Crippen molar-refractivity contribution in [1.29, 1.82) is 0 Å². The van der Waals surface area contributed by atoms with Crippen LogP contribution in [0.15, 0.2) is 6.20 Å². The van der Waals surface area contributed by atoms with Gasteiger partial charge in [0.05, 0.1) is 11.7 Å². The fourth-order valence-electron chi connectivity index (χ4n) is 2.81. The summed E-state index contributed by atoms with van der Waals surface area (Å²) in [7, 11) is 0. The summed E-state index contributed by atoms with van der Waals surface area (Å²) >= 11 is 0. The van der Waals surface area contributed by atoms with E-state index in [1.807, 2.05) is 0 Å². The fraction of sp³-hybridized carbons (Fsp3) is 0.786. The van der Waals surface area contributed by atoms with Gasteiger partial charge in [-0.15, -0.1) is 0 Å². The van der Waals surface area contributed by atoms with Crippen molar-refractivity contribution in [2.75, 3.05) is 6.54 Å². The Hall–Kier alpha value is -0.830. The van der Waals surface area contributed by atoms with Crippen molar-refractivity contribution in [2.45, 2.75) is 58.0 Å². The van der Waals surface area contributed by atoms with E-state index in [-0.39, 0.29) is 0 Å². The third-order valence-corrected chi connectivity index (χ3v) is 3.91. The zero-order valence-electron chi connectivity index (χ0n) is 10.8. The van der Waals surface area contributed by atoms with Gasteiger partial charge in [0, 0.05) is 12.7 Å². The molecule has 2 heterocycles. The number of fused-ring (bicyclic) bond motifs is 1. The molecule has 1 aromatic heterocycles. The first-order valence-electron chi connectivity index (χ1n) is 7.16. The molecule has 0 radical (unpaired) electrons. The third-order valence-electron chi connectivity index (χ3n) is 3.91. The summed E-state index contributed by atoms with van der Waals surface area (Å²) in [6.45, 7) is 4.51. The van der Waals surface area contributed by atoms with E-state index in [0.29, 0.717) is 6.04 Å². The molecule has 0 spiro atoms. The maximum Gasteiger partial charge on any atom is 0.126 e. The Morgan fingerprint density at radius 3 is 3.12 bits per heavy atom. The largest absolute Gasteiger partial charge is 0.333 e. The zero-order chi connectivity index (χ0) is 11.7. The van der Waals surface area contributed by atoms with Gasteiger partial charge in [-0.1, -0.05) is 26.2 Å². The van der Waals surface area contributed by atoms with Gasteiger partial charge in [-0.05, 0) is 31.7 Å². The quantitative estimate of drug-likeness (QED) is 0.866. The van der Waals surface area contributed by atoms with Gasteiger partial charge in [-0.2, -0.15) is 0 Å². The van der Waals surface area contributed by atoms with E-state index in [4.69, 9.17) is 4.98 Å². The summed E-state index contributed by atoms with van der Waals surface area (Å²) in [6.07, 6.45) is 9.99. The number of hydrogen-bond acceptors (Lipinski definition) is 2.